The largest absolute Gasteiger partial charge is 0.481 e. The zero-order chi connectivity index (χ0) is 18.0. The number of carboxylic acid groups (broad SMARTS) is 1. The van der Waals surface area contributed by atoms with Gasteiger partial charge in [-0.2, -0.15) is 0 Å². The Bertz CT molecular complexity index is 458. The fourth-order valence-electron chi connectivity index (χ4n) is 1.82. The molecule has 0 aliphatic carbocycles. The molecule has 0 aromatic carbocycles. The topological polar surface area (TPSA) is 77.8 Å². The molecule has 0 aliphatic heterocycles. The van der Waals surface area contributed by atoms with E-state index in [-0.39, 0.29) is 6.42 Å². The molecule has 0 fully saturated rings. The minimum absolute atomic E-state index is 0.0741. The molecule has 0 saturated carbocycles. The molecule has 0 heterocycles. The lowest BCUT2D eigenvalue weighted by Crippen LogP contribution is -2.03. The highest BCUT2D eigenvalue weighted by Gasteiger charge is 2.01. The van der Waals surface area contributed by atoms with Crippen molar-refractivity contribution in [3.05, 3.63) is 60.8 Å². The quantitative estimate of drug-likeness (QED) is 0.352. The summed E-state index contributed by atoms with van der Waals surface area (Å²) in [7, 11) is 0. The fourth-order valence-corrected chi connectivity index (χ4v) is 1.82. The second kappa shape index (κ2) is 16.0. The third-order valence-electron chi connectivity index (χ3n) is 3.11. The van der Waals surface area contributed by atoms with Gasteiger partial charge in [0.1, 0.15) is 0 Å². The van der Waals surface area contributed by atoms with Crippen LogP contribution in [-0.4, -0.2) is 33.5 Å². The Labute approximate surface area is 145 Å². The molecule has 0 rings (SSSR count). The molecular formula is C20H30O4. The molecule has 0 saturated heterocycles. The maximum absolute atomic E-state index is 10.3. The number of aliphatic hydroxyl groups is 2. The Hall–Kier alpha value is -1.91. The first kappa shape index (κ1) is 22.1. The molecule has 0 aromatic rings. The predicted octanol–water partition coefficient (Wildman–Crippen LogP) is 3.93. The van der Waals surface area contributed by atoms with Gasteiger partial charge in [0, 0.05) is 6.42 Å². The second-order valence-corrected chi connectivity index (χ2v) is 5.40. The van der Waals surface area contributed by atoms with E-state index in [4.69, 9.17) is 5.11 Å². The van der Waals surface area contributed by atoms with E-state index >= 15 is 0 Å². The highest BCUT2D eigenvalue weighted by Crippen LogP contribution is 2.02. The Balaban J connectivity index is 3.87. The van der Waals surface area contributed by atoms with Gasteiger partial charge in [-0.25, -0.2) is 0 Å². The van der Waals surface area contributed by atoms with Gasteiger partial charge in [0.25, 0.3) is 0 Å². The number of aliphatic carboxylic acids is 1. The fraction of sp³-hybridized carbons (Fsp3) is 0.450. The molecule has 2 atom stereocenters. The molecular weight excluding hydrogens is 304 g/mol. The standard InChI is InChI=1S/C20H30O4/c1-2-3-4-5-6-9-13-18(21)14-10-7-8-11-15-19(22)16-12-17-20(23)24/h3-4,6-11,14-15,18-19,21-22H,2,5,12-13,16-17H2,1H3,(H,23,24). The SMILES string of the molecule is CCC=CCC=CCC(O)C=CC=CC=CC(O)CCCC(=O)O. The van der Waals surface area contributed by atoms with Gasteiger partial charge >= 0.3 is 5.97 Å². The third-order valence-corrected chi connectivity index (χ3v) is 3.11. The van der Waals surface area contributed by atoms with Crippen LogP contribution in [0.4, 0.5) is 0 Å². The lowest BCUT2D eigenvalue weighted by atomic mass is 10.1. The highest BCUT2D eigenvalue weighted by atomic mass is 16.4. The molecule has 0 radical (unpaired) electrons. The van der Waals surface area contributed by atoms with Gasteiger partial charge in [-0.1, -0.05) is 67.7 Å². The summed E-state index contributed by atoms with van der Waals surface area (Å²) in [5, 5.41) is 27.8. The highest BCUT2D eigenvalue weighted by molar-refractivity contribution is 5.66. The summed E-state index contributed by atoms with van der Waals surface area (Å²) >= 11 is 0. The molecule has 3 N–H and O–H groups in total. The van der Waals surface area contributed by atoms with Gasteiger partial charge in [-0.3, -0.25) is 4.79 Å². The van der Waals surface area contributed by atoms with Crippen molar-refractivity contribution >= 4 is 5.97 Å². The Morgan fingerprint density at radius 3 is 2.17 bits per heavy atom. The van der Waals surface area contributed by atoms with Crippen LogP contribution in [-0.2, 0) is 4.79 Å². The number of carboxylic acids is 1. The molecule has 2 unspecified atom stereocenters. The molecule has 24 heavy (non-hydrogen) atoms. The summed E-state index contributed by atoms with van der Waals surface area (Å²) in [6.07, 6.45) is 20.9. The molecule has 4 nitrogen and oxygen atoms in total. The number of allylic oxidation sites excluding steroid dienone is 7. The zero-order valence-corrected chi connectivity index (χ0v) is 14.4. The first-order valence-corrected chi connectivity index (χ1v) is 8.45. The molecule has 0 aliphatic rings. The monoisotopic (exact) mass is 334 g/mol. The first-order chi connectivity index (χ1) is 11.6. The number of carbonyl (C=O) groups is 1. The van der Waals surface area contributed by atoms with Crippen molar-refractivity contribution in [1.29, 1.82) is 0 Å². The van der Waals surface area contributed by atoms with Crippen LogP contribution in [0, 0.1) is 0 Å². The van der Waals surface area contributed by atoms with Crippen LogP contribution in [0.2, 0.25) is 0 Å². The molecule has 0 amide bonds. The van der Waals surface area contributed by atoms with Crippen molar-refractivity contribution in [3.8, 4) is 0 Å². The zero-order valence-electron chi connectivity index (χ0n) is 14.4. The van der Waals surface area contributed by atoms with Gasteiger partial charge in [0.05, 0.1) is 12.2 Å². The normalized spacial score (nSPS) is 15.5. The van der Waals surface area contributed by atoms with E-state index in [0.29, 0.717) is 19.3 Å². The minimum atomic E-state index is -0.845. The van der Waals surface area contributed by atoms with Crippen LogP contribution >= 0.6 is 0 Å². The summed E-state index contributed by atoms with van der Waals surface area (Å²) in [6.45, 7) is 2.09. The van der Waals surface area contributed by atoms with E-state index in [1.807, 2.05) is 12.2 Å². The third kappa shape index (κ3) is 16.5. The summed E-state index contributed by atoms with van der Waals surface area (Å²) in [6, 6.07) is 0. The van der Waals surface area contributed by atoms with Gasteiger partial charge in [-0.15, -0.1) is 0 Å². The van der Waals surface area contributed by atoms with Gasteiger partial charge in [0.2, 0.25) is 0 Å². The van der Waals surface area contributed by atoms with Crippen molar-refractivity contribution in [2.24, 2.45) is 0 Å². The van der Waals surface area contributed by atoms with Crippen LogP contribution in [0.5, 0.6) is 0 Å². The van der Waals surface area contributed by atoms with Gasteiger partial charge in [0.15, 0.2) is 0 Å². The Morgan fingerprint density at radius 1 is 0.917 bits per heavy atom. The van der Waals surface area contributed by atoms with Crippen LogP contribution in [0.15, 0.2) is 60.8 Å². The summed E-state index contributed by atoms with van der Waals surface area (Å²) < 4.78 is 0. The van der Waals surface area contributed by atoms with E-state index < -0.39 is 18.2 Å². The molecule has 0 aromatic heterocycles. The van der Waals surface area contributed by atoms with Crippen LogP contribution in [0.25, 0.3) is 0 Å². The van der Waals surface area contributed by atoms with E-state index in [0.717, 1.165) is 12.8 Å². The van der Waals surface area contributed by atoms with Crippen molar-refractivity contribution < 1.29 is 20.1 Å². The van der Waals surface area contributed by atoms with Gasteiger partial charge in [-0.05, 0) is 32.1 Å². The molecule has 134 valence electrons. The number of hydrogen-bond acceptors (Lipinski definition) is 3. The Kier molecular flexibility index (Phi) is 14.7. The van der Waals surface area contributed by atoms with Crippen molar-refractivity contribution in [1.82, 2.24) is 0 Å². The van der Waals surface area contributed by atoms with E-state index in [2.05, 4.69) is 19.1 Å². The van der Waals surface area contributed by atoms with Crippen LogP contribution in [0.3, 0.4) is 0 Å². The second-order valence-electron chi connectivity index (χ2n) is 5.40. The van der Waals surface area contributed by atoms with Crippen molar-refractivity contribution in [3.63, 3.8) is 0 Å². The average molecular weight is 334 g/mol. The lowest BCUT2D eigenvalue weighted by molar-refractivity contribution is -0.137. The molecule has 4 heteroatoms. The van der Waals surface area contributed by atoms with E-state index in [9.17, 15) is 15.0 Å². The predicted molar refractivity (Wildman–Crippen MR) is 98.7 cm³/mol. The molecule has 0 bridgehead atoms. The maximum Gasteiger partial charge on any atom is 0.303 e. The average Bonchev–Trinajstić information content (AvgIpc) is 2.53. The van der Waals surface area contributed by atoms with Crippen LogP contribution < -0.4 is 0 Å². The smallest absolute Gasteiger partial charge is 0.303 e. The number of rotatable bonds is 13. The number of aliphatic hydroxyl groups excluding tert-OH is 2. The van der Waals surface area contributed by atoms with Crippen molar-refractivity contribution in [2.75, 3.05) is 0 Å². The summed E-state index contributed by atoms with van der Waals surface area (Å²) in [5.41, 5.74) is 0. The minimum Gasteiger partial charge on any atom is -0.481 e. The van der Waals surface area contributed by atoms with Crippen molar-refractivity contribution in [2.45, 2.75) is 57.7 Å². The summed E-state index contributed by atoms with van der Waals surface area (Å²) in [5.74, 6) is -0.845. The maximum atomic E-state index is 10.3. The summed E-state index contributed by atoms with van der Waals surface area (Å²) in [4.78, 5) is 10.3. The number of hydrogen-bond donors (Lipinski definition) is 3. The van der Waals surface area contributed by atoms with E-state index in [1.54, 1.807) is 36.5 Å². The first-order valence-electron chi connectivity index (χ1n) is 8.45. The van der Waals surface area contributed by atoms with Crippen LogP contribution in [0.1, 0.15) is 45.4 Å². The Morgan fingerprint density at radius 2 is 1.54 bits per heavy atom. The lowest BCUT2D eigenvalue weighted by Gasteiger charge is -2.02. The van der Waals surface area contributed by atoms with Gasteiger partial charge < -0.3 is 15.3 Å². The van der Waals surface area contributed by atoms with E-state index in [1.165, 1.54) is 0 Å². The molecule has 0 spiro atoms.